The van der Waals surface area contributed by atoms with E-state index < -0.39 is 29.9 Å². The van der Waals surface area contributed by atoms with E-state index in [-0.39, 0.29) is 43.1 Å². The minimum atomic E-state index is -0.875. The van der Waals surface area contributed by atoms with Gasteiger partial charge in [0.1, 0.15) is 0 Å². The number of nitrogens with zero attached hydrogens (tertiary/aromatic N) is 2. The molecule has 5 heterocycles. The maximum atomic E-state index is 12.8. The Hall–Kier alpha value is -1.30. The average Bonchev–Trinajstić information content (AvgIpc) is 3.07. The quantitative estimate of drug-likeness (QED) is 0.434. The summed E-state index contributed by atoms with van der Waals surface area (Å²) in [4.78, 5) is 41.2. The van der Waals surface area contributed by atoms with Gasteiger partial charge in [-0.25, -0.2) is 9.78 Å². The fourth-order valence-electron chi connectivity index (χ4n) is 6.92. The molecule has 10 nitrogen and oxygen atoms in total. The number of esters is 1. The third kappa shape index (κ3) is 4.62. The molecule has 1 N–H and O–H groups in total. The molecule has 10 heteroatoms. The molecule has 198 valence electrons. The Morgan fingerprint density at radius 3 is 2.54 bits per heavy atom. The van der Waals surface area contributed by atoms with E-state index in [0.29, 0.717) is 25.6 Å². The Balaban J connectivity index is 1.19. The Morgan fingerprint density at radius 2 is 1.80 bits per heavy atom. The third-order valence-corrected chi connectivity index (χ3v) is 9.03. The first-order valence-electron chi connectivity index (χ1n) is 13.3. The number of piperazine rings is 1. The van der Waals surface area contributed by atoms with Gasteiger partial charge in [0.05, 0.1) is 13.0 Å². The van der Waals surface area contributed by atoms with Gasteiger partial charge < -0.3 is 24.2 Å². The molecule has 1 aliphatic carbocycles. The highest BCUT2D eigenvalue weighted by molar-refractivity contribution is 5.81. The molecule has 1 spiro atoms. The highest BCUT2D eigenvalue weighted by Crippen LogP contribution is 2.60. The summed E-state index contributed by atoms with van der Waals surface area (Å²) >= 11 is 0. The zero-order chi connectivity index (χ0) is 24.8. The van der Waals surface area contributed by atoms with Crippen molar-refractivity contribution < 1.29 is 38.7 Å². The van der Waals surface area contributed by atoms with Gasteiger partial charge in [-0.1, -0.05) is 13.8 Å². The molecule has 0 unspecified atom stereocenters. The molecule has 6 fully saturated rings. The second kappa shape index (κ2) is 9.87. The number of β-amino-alcohol motifs (C(OH)–C–C–N with tert-alkyl or cyclic N) is 1. The lowest BCUT2D eigenvalue weighted by Crippen LogP contribution is -2.70. The average molecular weight is 497 g/mol. The first-order valence-corrected chi connectivity index (χ1v) is 13.3. The number of rotatable bonds is 6. The van der Waals surface area contributed by atoms with Crippen LogP contribution in [-0.4, -0.2) is 90.1 Å². The highest BCUT2D eigenvalue weighted by atomic mass is 17.3. The first-order chi connectivity index (χ1) is 16.8. The van der Waals surface area contributed by atoms with Crippen molar-refractivity contribution >= 4 is 11.9 Å². The number of hydrogen-bond donors (Lipinski definition) is 1. The molecule has 0 aromatic carbocycles. The van der Waals surface area contributed by atoms with E-state index in [0.717, 1.165) is 38.8 Å². The number of carbonyl (C=O) groups excluding carboxylic acids is 2. The summed E-state index contributed by atoms with van der Waals surface area (Å²) in [5, 5.41) is 9.07. The van der Waals surface area contributed by atoms with Crippen LogP contribution < -0.4 is 0 Å². The van der Waals surface area contributed by atoms with Gasteiger partial charge in [0.25, 0.3) is 0 Å². The van der Waals surface area contributed by atoms with E-state index in [1.165, 1.54) is 0 Å². The van der Waals surface area contributed by atoms with Crippen molar-refractivity contribution in [3.63, 3.8) is 0 Å². The second-order valence-corrected chi connectivity index (χ2v) is 11.2. The number of aliphatic hydroxyl groups excluding tert-OH is 1. The maximum absolute atomic E-state index is 12.8. The molecule has 6 aliphatic rings. The molecule has 0 aromatic heterocycles. The topological polar surface area (TPSA) is 107 Å². The van der Waals surface area contributed by atoms with E-state index in [4.69, 9.17) is 29.1 Å². The van der Waals surface area contributed by atoms with Crippen molar-refractivity contribution in [2.24, 2.45) is 23.7 Å². The van der Waals surface area contributed by atoms with Gasteiger partial charge in [0.15, 0.2) is 11.9 Å². The molecule has 6 rings (SSSR count). The van der Waals surface area contributed by atoms with E-state index in [1.807, 2.05) is 13.8 Å². The van der Waals surface area contributed by atoms with Crippen molar-refractivity contribution in [3.8, 4) is 0 Å². The number of fused-ring (bicyclic) bond motifs is 2. The summed E-state index contributed by atoms with van der Waals surface area (Å²) in [6.07, 6.45) is 2.40. The molecule has 0 radical (unpaired) electrons. The zero-order valence-electron chi connectivity index (χ0n) is 21.1. The van der Waals surface area contributed by atoms with Gasteiger partial charge in [-0.3, -0.25) is 14.5 Å². The number of hydrogen-bond acceptors (Lipinski definition) is 9. The van der Waals surface area contributed by atoms with Crippen LogP contribution in [0.4, 0.5) is 0 Å². The number of aliphatic hydroxyl groups is 1. The van der Waals surface area contributed by atoms with Crippen LogP contribution in [-0.2, 0) is 33.6 Å². The minimum absolute atomic E-state index is 0.0145. The van der Waals surface area contributed by atoms with E-state index in [2.05, 4.69) is 11.8 Å². The van der Waals surface area contributed by atoms with Crippen LogP contribution >= 0.6 is 0 Å². The molecular weight excluding hydrogens is 456 g/mol. The Bertz CT molecular complexity index is 804. The van der Waals surface area contributed by atoms with Crippen molar-refractivity contribution in [3.05, 3.63) is 0 Å². The standard InChI is InChI=1S/C25H40N2O8/c1-16-4-5-19-17(2)22(32-23-25(19)18(16)8-9-24(3,33-23)34-35-25)31-21(30)7-6-20(29)27-12-10-26(11-13-27)14-15-28/h16-19,22-23,28H,4-15H2,1-3H3/t16-,17-,18+,19-,22-,23-,24-,25-/m1/s1. The third-order valence-electron chi connectivity index (χ3n) is 9.03. The number of carbonyl (C=O) groups is 2. The Morgan fingerprint density at radius 1 is 1.03 bits per heavy atom. The summed E-state index contributed by atoms with van der Waals surface area (Å²) in [6.45, 7) is 9.60. The molecular formula is C25H40N2O8. The van der Waals surface area contributed by atoms with Crippen molar-refractivity contribution in [2.75, 3.05) is 39.3 Å². The van der Waals surface area contributed by atoms with Gasteiger partial charge in [-0.15, -0.1) is 0 Å². The Kier molecular flexibility index (Phi) is 7.15. The van der Waals surface area contributed by atoms with Crippen molar-refractivity contribution in [1.82, 2.24) is 9.80 Å². The molecule has 5 saturated heterocycles. The Labute approximate surface area is 207 Å². The van der Waals surface area contributed by atoms with Crippen LogP contribution in [0.25, 0.3) is 0 Å². The van der Waals surface area contributed by atoms with Crippen LogP contribution in [0.1, 0.15) is 59.3 Å². The summed E-state index contributed by atoms with van der Waals surface area (Å²) in [7, 11) is 0. The largest absolute Gasteiger partial charge is 0.435 e. The van der Waals surface area contributed by atoms with Gasteiger partial charge in [-0.2, -0.15) is 0 Å². The van der Waals surface area contributed by atoms with Crippen molar-refractivity contribution in [2.45, 2.75) is 83.3 Å². The first kappa shape index (κ1) is 25.4. The van der Waals surface area contributed by atoms with Gasteiger partial charge in [0, 0.05) is 57.4 Å². The normalized spacial score (nSPS) is 43.4. The SMILES string of the molecule is C[C@H]1[C@H](OC(=O)CCC(=O)N2CCN(CCO)CC2)O[C@@H]2O[C@@]3(C)CC[C@H]4[C@H](C)CC[C@H]1[C@@]24OO3. The number of ether oxygens (including phenoxy) is 3. The lowest BCUT2D eigenvalue weighted by molar-refractivity contribution is -0.576. The summed E-state index contributed by atoms with van der Waals surface area (Å²) in [5.74, 6) is -0.643. The zero-order valence-corrected chi connectivity index (χ0v) is 21.1. The van der Waals surface area contributed by atoms with Crippen LogP contribution in [0.2, 0.25) is 0 Å². The predicted octanol–water partition coefficient (Wildman–Crippen LogP) is 1.65. The number of amides is 1. The molecule has 1 amide bonds. The molecule has 35 heavy (non-hydrogen) atoms. The lowest BCUT2D eigenvalue weighted by Gasteiger charge is -2.59. The van der Waals surface area contributed by atoms with E-state index >= 15 is 0 Å². The molecule has 2 bridgehead atoms. The van der Waals surface area contributed by atoms with Crippen LogP contribution in [0, 0.1) is 23.7 Å². The fraction of sp³-hybridized carbons (Fsp3) is 0.920. The van der Waals surface area contributed by atoms with E-state index in [9.17, 15) is 9.59 Å². The van der Waals surface area contributed by atoms with Crippen LogP contribution in [0.15, 0.2) is 0 Å². The smallest absolute Gasteiger partial charge is 0.308 e. The highest BCUT2D eigenvalue weighted by Gasteiger charge is 2.69. The summed E-state index contributed by atoms with van der Waals surface area (Å²) < 4.78 is 18.4. The van der Waals surface area contributed by atoms with Gasteiger partial charge in [-0.05, 0) is 38.0 Å². The maximum Gasteiger partial charge on any atom is 0.308 e. The van der Waals surface area contributed by atoms with Crippen LogP contribution in [0.3, 0.4) is 0 Å². The summed E-state index contributed by atoms with van der Waals surface area (Å²) in [6, 6.07) is 0. The fourth-order valence-corrected chi connectivity index (χ4v) is 6.92. The predicted molar refractivity (Wildman–Crippen MR) is 122 cm³/mol. The summed E-state index contributed by atoms with van der Waals surface area (Å²) in [5.41, 5.74) is -0.690. The molecule has 5 aliphatic heterocycles. The van der Waals surface area contributed by atoms with Crippen LogP contribution in [0.5, 0.6) is 0 Å². The van der Waals surface area contributed by atoms with E-state index in [1.54, 1.807) is 4.90 Å². The van der Waals surface area contributed by atoms with Gasteiger partial charge in [0.2, 0.25) is 18.0 Å². The second-order valence-electron chi connectivity index (χ2n) is 11.2. The molecule has 1 saturated carbocycles. The van der Waals surface area contributed by atoms with Crippen molar-refractivity contribution in [1.29, 1.82) is 0 Å². The molecule has 0 aromatic rings. The minimum Gasteiger partial charge on any atom is -0.435 e. The van der Waals surface area contributed by atoms with Gasteiger partial charge >= 0.3 is 5.97 Å². The monoisotopic (exact) mass is 496 g/mol. The lowest BCUT2D eigenvalue weighted by atomic mass is 9.58. The molecule has 8 atom stereocenters.